The Hall–Kier alpha value is -2.54. The minimum Gasteiger partial charge on any atom is -0.206 e. The van der Waals surface area contributed by atoms with Crippen LogP contribution in [0.2, 0.25) is 0 Å². The number of alkyl halides is 6. The molecule has 2 aromatic carbocycles. The van der Waals surface area contributed by atoms with Crippen LogP contribution >= 0.6 is 0 Å². The average Bonchev–Trinajstić information content (AvgIpc) is 2.60. The summed E-state index contributed by atoms with van der Waals surface area (Å²) < 4.78 is 212. The van der Waals surface area contributed by atoms with Gasteiger partial charge in [0.05, 0.1) is 0 Å². The predicted octanol–water partition coefficient (Wildman–Crippen LogP) is 4.84. The second kappa shape index (κ2) is 8.54. The molecule has 0 aliphatic carbocycles. The van der Waals surface area contributed by atoms with Crippen molar-refractivity contribution in [1.82, 2.24) is 4.13 Å². The van der Waals surface area contributed by atoms with Gasteiger partial charge in [0, 0.05) is 11.1 Å². The Balaban J connectivity index is 2.89. The fourth-order valence-corrected chi connectivity index (χ4v) is 5.99. The minimum atomic E-state index is -6.52. The van der Waals surface area contributed by atoms with Crippen LogP contribution in [0.5, 0.6) is 0 Å². The van der Waals surface area contributed by atoms with Gasteiger partial charge in [0.1, 0.15) is 22.8 Å². The SMILES string of the molecule is Cc1c(F)c(C(F)(F)F)c(F)c(S(=O)(=O)NS(=O)(=O)c2c(F)c(C)c(F)c(C(F)(F)F)c2F)c1F. The van der Waals surface area contributed by atoms with Gasteiger partial charge in [-0.25, -0.2) is 43.2 Å². The van der Waals surface area contributed by atoms with Gasteiger partial charge in [0.15, 0.2) is 33.1 Å². The lowest BCUT2D eigenvalue weighted by atomic mass is 10.1. The maximum Gasteiger partial charge on any atom is 0.422 e. The van der Waals surface area contributed by atoms with Crippen LogP contribution in [0.25, 0.3) is 0 Å². The van der Waals surface area contributed by atoms with Gasteiger partial charge < -0.3 is 0 Å². The van der Waals surface area contributed by atoms with Crippen molar-refractivity contribution in [2.75, 3.05) is 0 Å². The summed E-state index contributed by atoms with van der Waals surface area (Å²) in [5, 5.41) is 0. The number of hydrogen-bond acceptors (Lipinski definition) is 4. The summed E-state index contributed by atoms with van der Waals surface area (Å²) in [6.45, 7) is 0.371. The van der Waals surface area contributed by atoms with E-state index in [0.29, 0.717) is 0 Å². The van der Waals surface area contributed by atoms with Crippen molar-refractivity contribution < 1.29 is 69.5 Å². The lowest BCUT2D eigenvalue weighted by Crippen LogP contribution is -2.35. The molecule has 35 heavy (non-hydrogen) atoms. The molecule has 0 saturated carbocycles. The molecule has 2 aromatic rings. The first-order valence-corrected chi connectivity index (χ1v) is 11.2. The topological polar surface area (TPSA) is 80.3 Å². The quantitative estimate of drug-likeness (QED) is 0.535. The summed E-state index contributed by atoms with van der Waals surface area (Å²) in [5.41, 5.74) is -9.57. The summed E-state index contributed by atoms with van der Waals surface area (Å²) in [4.78, 5) is -5.58. The van der Waals surface area contributed by atoms with E-state index < -0.39 is 99.3 Å². The van der Waals surface area contributed by atoms with E-state index >= 15 is 0 Å². The Morgan fingerprint density at radius 1 is 0.514 bits per heavy atom. The van der Waals surface area contributed by atoms with Crippen LogP contribution in [0.4, 0.5) is 52.7 Å². The van der Waals surface area contributed by atoms with Crippen LogP contribution < -0.4 is 4.13 Å². The fourth-order valence-electron chi connectivity index (χ4n) is 2.72. The van der Waals surface area contributed by atoms with E-state index in [2.05, 4.69) is 0 Å². The highest BCUT2D eigenvalue weighted by Crippen LogP contribution is 2.40. The molecule has 0 unspecified atom stereocenters. The summed E-state index contributed by atoms with van der Waals surface area (Å²) >= 11 is 0. The van der Waals surface area contributed by atoms with E-state index in [4.69, 9.17) is 0 Å². The summed E-state index contributed by atoms with van der Waals surface area (Å²) in [7, 11) is -13.0. The molecule has 2 rings (SSSR count). The molecule has 0 aliphatic heterocycles. The Bertz CT molecular complexity index is 1340. The van der Waals surface area contributed by atoms with Crippen LogP contribution in [0.3, 0.4) is 0 Å². The lowest BCUT2D eigenvalue weighted by Gasteiger charge is -2.18. The second-order valence-corrected chi connectivity index (χ2v) is 10.1. The predicted molar refractivity (Wildman–Crippen MR) is 89.6 cm³/mol. The zero-order chi connectivity index (χ0) is 27.6. The van der Waals surface area contributed by atoms with Crippen molar-refractivity contribution in [2.24, 2.45) is 0 Å². The van der Waals surface area contributed by atoms with Crippen molar-refractivity contribution in [3.8, 4) is 0 Å². The molecular formula is C16H7F12NO4S2. The van der Waals surface area contributed by atoms with Gasteiger partial charge in [-0.05, 0) is 13.8 Å². The fraction of sp³-hybridized carbons (Fsp3) is 0.250. The third-order valence-corrected chi connectivity index (χ3v) is 7.86. The third-order valence-electron chi connectivity index (χ3n) is 4.32. The Labute approximate surface area is 187 Å². The van der Waals surface area contributed by atoms with Crippen LogP contribution in [0.1, 0.15) is 22.3 Å². The number of nitrogens with one attached hydrogen (secondary N) is 1. The average molecular weight is 569 g/mol. The van der Waals surface area contributed by atoms with Gasteiger partial charge in [-0.15, -0.1) is 4.13 Å². The molecule has 0 saturated heterocycles. The Morgan fingerprint density at radius 2 is 0.771 bits per heavy atom. The molecule has 1 N–H and O–H groups in total. The van der Waals surface area contributed by atoms with Crippen LogP contribution in [0, 0.1) is 48.8 Å². The number of rotatable bonds is 4. The van der Waals surface area contributed by atoms with Gasteiger partial charge in [-0.1, -0.05) is 0 Å². The molecule has 0 aromatic heterocycles. The van der Waals surface area contributed by atoms with Crippen LogP contribution in [-0.2, 0) is 32.4 Å². The molecule has 0 fully saturated rings. The van der Waals surface area contributed by atoms with Gasteiger partial charge in [-0.2, -0.15) is 26.3 Å². The standard InChI is InChI=1S/C16H7F12NO4S2/c1-3-7(17)5(15(23,24)25)11(21)13(9(3)19)34(30,31)29-35(32,33)14-10(20)4(2)8(18)6(12(14)22)16(26,27)28/h29H,1-2H3. The molecule has 5 nitrogen and oxygen atoms in total. The van der Waals surface area contributed by atoms with E-state index in [1.165, 1.54) is 0 Å². The van der Waals surface area contributed by atoms with Crippen molar-refractivity contribution in [1.29, 1.82) is 0 Å². The van der Waals surface area contributed by atoms with Gasteiger partial charge in [-0.3, -0.25) is 0 Å². The summed E-state index contributed by atoms with van der Waals surface area (Å²) in [6.07, 6.45) is -12.0. The molecule has 19 heteroatoms. The number of sulfonamides is 2. The maximum absolute atomic E-state index is 14.3. The molecule has 0 radical (unpaired) electrons. The lowest BCUT2D eigenvalue weighted by molar-refractivity contribution is -0.143. The Kier molecular flexibility index (Phi) is 7.00. The summed E-state index contributed by atoms with van der Waals surface area (Å²) in [6, 6.07) is 0. The molecule has 0 amide bonds. The van der Waals surface area contributed by atoms with E-state index in [1.54, 1.807) is 0 Å². The molecule has 0 spiro atoms. The van der Waals surface area contributed by atoms with Gasteiger partial charge in [0.25, 0.3) is 20.0 Å². The molecule has 0 bridgehead atoms. The largest absolute Gasteiger partial charge is 0.422 e. The molecule has 0 aliphatic rings. The van der Waals surface area contributed by atoms with Crippen molar-refractivity contribution in [2.45, 2.75) is 36.0 Å². The zero-order valence-corrected chi connectivity index (χ0v) is 18.1. The molecular weight excluding hydrogens is 562 g/mol. The second-order valence-electron chi connectivity index (χ2n) is 6.63. The van der Waals surface area contributed by atoms with Crippen LogP contribution in [-0.4, -0.2) is 16.8 Å². The van der Waals surface area contributed by atoms with Gasteiger partial charge in [0.2, 0.25) is 0 Å². The highest BCUT2D eigenvalue weighted by atomic mass is 32.3. The van der Waals surface area contributed by atoms with E-state index in [9.17, 15) is 69.5 Å². The zero-order valence-electron chi connectivity index (χ0n) is 16.5. The highest BCUT2D eigenvalue weighted by molar-refractivity contribution is 8.04. The third kappa shape index (κ3) is 4.80. The highest BCUT2D eigenvalue weighted by Gasteiger charge is 2.47. The maximum atomic E-state index is 14.3. The first kappa shape index (κ1) is 28.7. The number of halogens is 12. The van der Waals surface area contributed by atoms with Gasteiger partial charge >= 0.3 is 12.4 Å². The minimum absolute atomic E-state index is 0.184. The normalized spacial score (nSPS) is 13.4. The monoisotopic (exact) mass is 569 g/mol. The first-order chi connectivity index (χ1) is 15.5. The van der Waals surface area contributed by atoms with E-state index in [1.807, 2.05) is 0 Å². The Morgan fingerprint density at radius 3 is 1.00 bits per heavy atom. The van der Waals surface area contributed by atoms with Crippen molar-refractivity contribution >= 4 is 20.0 Å². The summed E-state index contributed by atoms with van der Waals surface area (Å²) in [5.74, 6) is -16.9. The number of hydrogen-bond donors (Lipinski definition) is 1. The molecule has 0 atom stereocenters. The van der Waals surface area contributed by atoms with E-state index in [0.717, 1.165) is 0 Å². The molecule has 0 heterocycles. The van der Waals surface area contributed by atoms with Crippen molar-refractivity contribution in [3.63, 3.8) is 0 Å². The van der Waals surface area contributed by atoms with Crippen molar-refractivity contribution in [3.05, 3.63) is 57.2 Å². The smallest absolute Gasteiger partial charge is 0.206 e. The van der Waals surface area contributed by atoms with E-state index in [-0.39, 0.29) is 18.0 Å². The van der Waals surface area contributed by atoms with Crippen LogP contribution in [0.15, 0.2) is 9.79 Å². The number of benzene rings is 2. The first-order valence-electron chi connectivity index (χ1n) is 8.25. The molecule has 196 valence electrons.